The number of aromatic nitrogens is 1. The molecular weight excluding hydrogens is 232 g/mol. The van der Waals surface area contributed by atoms with Crippen molar-refractivity contribution in [1.29, 1.82) is 0 Å². The number of aliphatic hydroxyl groups is 1. The highest BCUT2D eigenvalue weighted by atomic mass is 16.4. The first kappa shape index (κ1) is 14.4. The zero-order valence-electron chi connectivity index (χ0n) is 11.0. The molecule has 0 bridgehead atoms. The fraction of sp³-hybridized carbons (Fsp3) is 0.538. The van der Waals surface area contributed by atoms with Crippen molar-refractivity contribution in [3.8, 4) is 0 Å². The topological polar surface area (TPSA) is 82.5 Å². The third-order valence-corrected chi connectivity index (χ3v) is 2.58. The van der Waals surface area contributed by atoms with Gasteiger partial charge in [-0.15, -0.1) is 0 Å². The second kappa shape index (κ2) is 6.35. The van der Waals surface area contributed by atoms with Gasteiger partial charge in [-0.05, 0) is 38.8 Å². The number of carboxylic acids is 1. The lowest BCUT2D eigenvalue weighted by atomic mass is 10.1. The molecule has 0 aromatic carbocycles. The fourth-order valence-corrected chi connectivity index (χ4v) is 1.79. The van der Waals surface area contributed by atoms with Gasteiger partial charge in [0.1, 0.15) is 5.82 Å². The van der Waals surface area contributed by atoms with E-state index in [0.717, 1.165) is 5.69 Å². The number of aromatic carboxylic acids is 1. The summed E-state index contributed by atoms with van der Waals surface area (Å²) in [5, 5.41) is 21.4. The van der Waals surface area contributed by atoms with Crippen molar-refractivity contribution in [2.75, 3.05) is 5.32 Å². The number of anilines is 1. The van der Waals surface area contributed by atoms with Gasteiger partial charge in [0.05, 0.1) is 11.7 Å². The smallest absolute Gasteiger partial charge is 0.335 e. The first-order valence-electron chi connectivity index (χ1n) is 6.11. The minimum Gasteiger partial charge on any atom is -0.478 e. The second-order valence-electron chi connectivity index (χ2n) is 4.52. The predicted molar refractivity (Wildman–Crippen MR) is 70.0 cm³/mol. The Bertz CT molecular complexity index is 419. The number of aliphatic hydroxyl groups excluding tert-OH is 1. The number of carbonyl (C=O) groups is 1. The van der Waals surface area contributed by atoms with Crippen LogP contribution in [0.2, 0.25) is 0 Å². The maximum atomic E-state index is 11.0. The van der Waals surface area contributed by atoms with Crippen LogP contribution in [0, 0.1) is 0 Å². The fourth-order valence-electron chi connectivity index (χ4n) is 1.79. The molecular formula is C13H20N2O3. The van der Waals surface area contributed by atoms with Crippen LogP contribution >= 0.6 is 0 Å². The second-order valence-corrected chi connectivity index (χ2v) is 4.52. The Hall–Kier alpha value is -1.62. The van der Waals surface area contributed by atoms with E-state index in [1.165, 1.54) is 6.07 Å². The zero-order chi connectivity index (χ0) is 13.7. The van der Waals surface area contributed by atoms with E-state index in [2.05, 4.69) is 10.3 Å². The number of rotatable bonds is 6. The van der Waals surface area contributed by atoms with Crippen LogP contribution in [0.3, 0.4) is 0 Å². The number of hydrogen-bond donors (Lipinski definition) is 3. The van der Waals surface area contributed by atoms with Gasteiger partial charge in [0, 0.05) is 11.7 Å². The summed E-state index contributed by atoms with van der Waals surface area (Å²) in [5.74, 6) is -0.418. The van der Waals surface area contributed by atoms with Gasteiger partial charge >= 0.3 is 5.97 Å². The molecule has 1 heterocycles. The average molecular weight is 252 g/mol. The quantitative estimate of drug-likeness (QED) is 0.720. The molecule has 0 amide bonds. The standard InChI is InChI=1S/C13H20N2O3/c1-4-11-6-10(13(17)18)7-12(15-11)14-8(2)5-9(3)16/h6-9,16H,4-5H2,1-3H3,(H,14,15)(H,17,18). The monoisotopic (exact) mass is 252 g/mol. The van der Waals surface area contributed by atoms with Crippen molar-refractivity contribution in [3.63, 3.8) is 0 Å². The van der Waals surface area contributed by atoms with Gasteiger partial charge in [0.2, 0.25) is 0 Å². The van der Waals surface area contributed by atoms with Crippen molar-refractivity contribution >= 4 is 11.8 Å². The van der Waals surface area contributed by atoms with Crippen LogP contribution in [-0.2, 0) is 6.42 Å². The number of nitrogens with zero attached hydrogens (tertiary/aromatic N) is 1. The Morgan fingerprint density at radius 1 is 1.44 bits per heavy atom. The molecule has 2 atom stereocenters. The van der Waals surface area contributed by atoms with Crippen LogP contribution < -0.4 is 5.32 Å². The highest BCUT2D eigenvalue weighted by Gasteiger charge is 2.11. The van der Waals surface area contributed by atoms with Gasteiger partial charge in [0.25, 0.3) is 0 Å². The summed E-state index contributed by atoms with van der Waals surface area (Å²) in [5.41, 5.74) is 0.968. The summed E-state index contributed by atoms with van der Waals surface area (Å²) in [4.78, 5) is 15.3. The van der Waals surface area contributed by atoms with Gasteiger partial charge in [-0.1, -0.05) is 6.92 Å². The summed E-state index contributed by atoms with van der Waals surface area (Å²) in [6.07, 6.45) is 0.863. The number of carboxylic acid groups (broad SMARTS) is 1. The van der Waals surface area contributed by atoms with E-state index < -0.39 is 12.1 Å². The van der Waals surface area contributed by atoms with E-state index >= 15 is 0 Å². The van der Waals surface area contributed by atoms with Gasteiger partial charge in [-0.25, -0.2) is 9.78 Å². The third kappa shape index (κ3) is 4.33. The molecule has 0 aliphatic rings. The predicted octanol–water partition coefficient (Wildman–Crippen LogP) is 1.91. The average Bonchev–Trinajstić information content (AvgIpc) is 2.27. The van der Waals surface area contributed by atoms with Crippen molar-refractivity contribution in [3.05, 3.63) is 23.4 Å². The molecule has 100 valence electrons. The molecule has 5 heteroatoms. The lowest BCUT2D eigenvalue weighted by Crippen LogP contribution is -2.21. The zero-order valence-corrected chi connectivity index (χ0v) is 11.0. The van der Waals surface area contributed by atoms with E-state index in [-0.39, 0.29) is 11.6 Å². The Balaban J connectivity index is 2.87. The lowest BCUT2D eigenvalue weighted by Gasteiger charge is -2.16. The summed E-state index contributed by atoms with van der Waals surface area (Å²) < 4.78 is 0. The molecule has 0 radical (unpaired) electrons. The largest absolute Gasteiger partial charge is 0.478 e. The van der Waals surface area contributed by atoms with E-state index in [1.807, 2.05) is 13.8 Å². The van der Waals surface area contributed by atoms with E-state index in [4.69, 9.17) is 5.11 Å². The number of nitrogens with one attached hydrogen (secondary N) is 1. The molecule has 0 aliphatic carbocycles. The number of aryl methyl sites for hydroxylation is 1. The molecule has 1 aromatic rings. The van der Waals surface area contributed by atoms with Crippen molar-refractivity contribution in [1.82, 2.24) is 4.98 Å². The van der Waals surface area contributed by atoms with Crippen LogP contribution in [-0.4, -0.2) is 33.3 Å². The minimum atomic E-state index is -0.960. The first-order valence-corrected chi connectivity index (χ1v) is 6.11. The molecule has 0 saturated heterocycles. The summed E-state index contributed by atoms with van der Waals surface area (Å²) in [7, 11) is 0. The molecule has 3 N–H and O–H groups in total. The van der Waals surface area contributed by atoms with E-state index in [9.17, 15) is 9.90 Å². The van der Waals surface area contributed by atoms with Gasteiger partial charge in [-0.2, -0.15) is 0 Å². The first-order chi connectivity index (χ1) is 8.42. The van der Waals surface area contributed by atoms with Crippen LogP contribution in [0.4, 0.5) is 5.82 Å². The van der Waals surface area contributed by atoms with Gasteiger partial charge in [0.15, 0.2) is 0 Å². The van der Waals surface area contributed by atoms with E-state index in [1.54, 1.807) is 13.0 Å². The third-order valence-electron chi connectivity index (χ3n) is 2.58. The summed E-state index contributed by atoms with van der Waals surface area (Å²) in [6, 6.07) is 3.12. The Labute approximate surface area is 107 Å². The Morgan fingerprint density at radius 3 is 2.61 bits per heavy atom. The van der Waals surface area contributed by atoms with Crippen LogP contribution in [0.15, 0.2) is 12.1 Å². The van der Waals surface area contributed by atoms with Crippen molar-refractivity contribution in [2.45, 2.75) is 45.8 Å². The SMILES string of the molecule is CCc1cc(C(=O)O)cc(NC(C)CC(C)O)n1. The minimum absolute atomic E-state index is 0.0336. The molecule has 0 saturated carbocycles. The Morgan fingerprint density at radius 2 is 2.11 bits per heavy atom. The van der Waals surface area contributed by atoms with Crippen LogP contribution in [0.25, 0.3) is 0 Å². The summed E-state index contributed by atoms with van der Waals surface area (Å²) >= 11 is 0. The number of pyridine rings is 1. The molecule has 1 aromatic heterocycles. The maximum absolute atomic E-state index is 11.0. The molecule has 0 spiro atoms. The van der Waals surface area contributed by atoms with Crippen LogP contribution in [0.5, 0.6) is 0 Å². The van der Waals surface area contributed by atoms with Crippen LogP contribution in [0.1, 0.15) is 43.2 Å². The highest BCUT2D eigenvalue weighted by molar-refractivity contribution is 5.88. The van der Waals surface area contributed by atoms with Gasteiger partial charge < -0.3 is 15.5 Å². The molecule has 0 fully saturated rings. The molecule has 2 unspecified atom stereocenters. The molecule has 0 aliphatic heterocycles. The lowest BCUT2D eigenvalue weighted by molar-refractivity contribution is 0.0696. The summed E-state index contributed by atoms with van der Waals surface area (Å²) in [6.45, 7) is 5.57. The molecule has 5 nitrogen and oxygen atoms in total. The number of hydrogen-bond acceptors (Lipinski definition) is 4. The van der Waals surface area contributed by atoms with E-state index in [0.29, 0.717) is 18.7 Å². The normalized spacial score (nSPS) is 14.0. The van der Waals surface area contributed by atoms with Gasteiger partial charge in [-0.3, -0.25) is 0 Å². The van der Waals surface area contributed by atoms with Crippen molar-refractivity contribution < 1.29 is 15.0 Å². The maximum Gasteiger partial charge on any atom is 0.335 e. The van der Waals surface area contributed by atoms with Crippen molar-refractivity contribution in [2.24, 2.45) is 0 Å². The highest BCUT2D eigenvalue weighted by Crippen LogP contribution is 2.13. The molecule has 1 rings (SSSR count). The Kier molecular flexibility index (Phi) is 5.09. The molecule has 18 heavy (non-hydrogen) atoms.